The van der Waals surface area contributed by atoms with E-state index in [1.165, 1.54) is 38.0 Å². The molecule has 0 atom stereocenters. The Balaban J connectivity index is 1.83. The highest BCUT2D eigenvalue weighted by molar-refractivity contribution is 5.96. The predicted molar refractivity (Wildman–Crippen MR) is 133 cm³/mol. The number of allylic oxidation sites excluding steroid dienone is 1. The first kappa shape index (κ1) is 23.4. The van der Waals surface area contributed by atoms with Crippen molar-refractivity contribution in [1.29, 1.82) is 0 Å². The number of carbonyl (C=O) groups excluding carboxylic acids is 1. The van der Waals surface area contributed by atoms with E-state index in [1.54, 1.807) is 54.7 Å². The third kappa shape index (κ3) is 4.67. The standard InChI is InChI=1S/C27H24N2O6/c1-33-23-13-11-19(16-25(23)35-3)21-17-28(20-7-5-4-6-8-20)27(32)29(21)26(31)14-10-18-9-12-22(30)24(15-18)34-2/h4-17,30H,1-3H3. The van der Waals surface area contributed by atoms with Gasteiger partial charge in [-0.15, -0.1) is 0 Å². The Morgan fingerprint density at radius 2 is 1.57 bits per heavy atom. The molecule has 0 aliphatic heterocycles. The van der Waals surface area contributed by atoms with Crippen molar-refractivity contribution in [3.63, 3.8) is 0 Å². The fraction of sp³-hybridized carbons (Fsp3) is 0.111. The zero-order chi connectivity index (χ0) is 24.9. The molecular weight excluding hydrogens is 448 g/mol. The van der Waals surface area contributed by atoms with Crippen molar-refractivity contribution in [3.05, 3.63) is 95.1 Å². The van der Waals surface area contributed by atoms with E-state index in [0.717, 1.165) is 4.57 Å². The monoisotopic (exact) mass is 472 g/mol. The summed E-state index contributed by atoms with van der Waals surface area (Å²) in [6.07, 6.45) is 4.47. The minimum atomic E-state index is -0.540. The summed E-state index contributed by atoms with van der Waals surface area (Å²) in [5.41, 5.74) is 1.72. The highest BCUT2D eigenvalue weighted by Crippen LogP contribution is 2.32. The van der Waals surface area contributed by atoms with Gasteiger partial charge in [-0.05, 0) is 54.1 Å². The number of phenols is 1. The van der Waals surface area contributed by atoms with Gasteiger partial charge in [0.2, 0.25) is 0 Å². The summed E-state index contributed by atoms with van der Waals surface area (Å²) < 4.78 is 18.4. The van der Waals surface area contributed by atoms with Crippen LogP contribution in [0.2, 0.25) is 0 Å². The van der Waals surface area contributed by atoms with E-state index in [4.69, 9.17) is 14.2 Å². The molecule has 0 radical (unpaired) electrons. The lowest BCUT2D eigenvalue weighted by Crippen LogP contribution is -2.27. The fourth-order valence-corrected chi connectivity index (χ4v) is 3.67. The molecule has 178 valence electrons. The summed E-state index contributed by atoms with van der Waals surface area (Å²) in [6.45, 7) is 0. The first-order valence-corrected chi connectivity index (χ1v) is 10.7. The van der Waals surface area contributed by atoms with Gasteiger partial charge in [0.15, 0.2) is 23.0 Å². The minimum Gasteiger partial charge on any atom is -0.504 e. The SMILES string of the molecule is COc1cc(C=CC(=O)n2c(-c3ccc(OC)c(OC)c3)cn(-c3ccccc3)c2=O)ccc1O. The fourth-order valence-electron chi connectivity index (χ4n) is 3.67. The Bertz CT molecular complexity index is 1450. The predicted octanol–water partition coefficient (Wildman–Crippen LogP) is 4.39. The molecule has 1 aromatic heterocycles. The topological polar surface area (TPSA) is 91.9 Å². The van der Waals surface area contributed by atoms with Gasteiger partial charge in [-0.2, -0.15) is 0 Å². The van der Waals surface area contributed by atoms with Crippen LogP contribution in [0.3, 0.4) is 0 Å². The molecule has 4 rings (SSSR count). The molecular formula is C27H24N2O6. The van der Waals surface area contributed by atoms with Crippen molar-refractivity contribution < 1.29 is 24.1 Å². The minimum absolute atomic E-state index is 0.0112. The molecule has 4 aromatic rings. The largest absolute Gasteiger partial charge is 0.504 e. The molecule has 0 aliphatic rings. The van der Waals surface area contributed by atoms with Crippen molar-refractivity contribution in [2.75, 3.05) is 21.3 Å². The lowest BCUT2D eigenvalue weighted by molar-refractivity contribution is 0.0967. The van der Waals surface area contributed by atoms with E-state index >= 15 is 0 Å². The van der Waals surface area contributed by atoms with Crippen LogP contribution in [0.5, 0.6) is 23.0 Å². The summed E-state index contributed by atoms with van der Waals surface area (Å²) in [5.74, 6) is 0.721. The molecule has 0 unspecified atom stereocenters. The van der Waals surface area contributed by atoms with Gasteiger partial charge in [0, 0.05) is 17.8 Å². The van der Waals surface area contributed by atoms with Gasteiger partial charge >= 0.3 is 5.69 Å². The van der Waals surface area contributed by atoms with Crippen LogP contribution in [-0.2, 0) is 0 Å². The maximum absolute atomic E-state index is 13.4. The van der Waals surface area contributed by atoms with Gasteiger partial charge in [-0.3, -0.25) is 9.36 Å². The van der Waals surface area contributed by atoms with Crippen molar-refractivity contribution in [2.45, 2.75) is 0 Å². The molecule has 0 aliphatic carbocycles. The Hall–Kier alpha value is -4.72. The highest BCUT2D eigenvalue weighted by Gasteiger charge is 2.19. The number of imidazole rings is 1. The second kappa shape index (κ2) is 10.0. The molecule has 0 fully saturated rings. The zero-order valence-electron chi connectivity index (χ0n) is 19.5. The van der Waals surface area contributed by atoms with Crippen LogP contribution < -0.4 is 19.9 Å². The van der Waals surface area contributed by atoms with Crippen molar-refractivity contribution in [3.8, 4) is 39.9 Å². The number of methoxy groups -OCH3 is 3. The Kier molecular flexibility index (Phi) is 6.73. The molecule has 1 N–H and O–H groups in total. The lowest BCUT2D eigenvalue weighted by Gasteiger charge is -2.10. The summed E-state index contributed by atoms with van der Waals surface area (Å²) in [5, 5.41) is 9.80. The third-order valence-electron chi connectivity index (χ3n) is 5.45. The molecule has 0 bridgehead atoms. The number of hydrogen-bond donors (Lipinski definition) is 1. The van der Waals surface area contributed by atoms with E-state index < -0.39 is 11.6 Å². The molecule has 1 heterocycles. The first-order valence-electron chi connectivity index (χ1n) is 10.7. The third-order valence-corrected chi connectivity index (χ3v) is 5.45. The quantitative estimate of drug-likeness (QED) is 0.401. The molecule has 3 aromatic carbocycles. The molecule has 0 amide bonds. The molecule has 8 heteroatoms. The number of benzene rings is 3. The van der Waals surface area contributed by atoms with Gasteiger partial charge in [0.05, 0.1) is 32.7 Å². The van der Waals surface area contributed by atoms with E-state index in [1.807, 2.05) is 18.2 Å². The van der Waals surface area contributed by atoms with Gasteiger partial charge in [0.25, 0.3) is 5.91 Å². The van der Waals surface area contributed by atoms with Gasteiger partial charge < -0.3 is 19.3 Å². The van der Waals surface area contributed by atoms with Crippen LogP contribution in [-0.4, -0.2) is 41.5 Å². The number of aromatic hydroxyl groups is 1. The number of aromatic nitrogens is 2. The van der Waals surface area contributed by atoms with Crippen LogP contribution >= 0.6 is 0 Å². The van der Waals surface area contributed by atoms with Crippen molar-refractivity contribution >= 4 is 12.0 Å². The van der Waals surface area contributed by atoms with Crippen molar-refractivity contribution in [1.82, 2.24) is 9.13 Å². The summed E-state index contributed by atoms with van der Waals surface area (Å²) >= 11 is 0. The van der Waals surface area contributed by atoms with E-state index in [2.05, 4.69) is 0 Å². The van der Waals surface area contributed by atoms with Gasteiger partial charge in [0.1, 0.15) is 0 Å². The molecule has 8 nitrogen and oxygen atoms in total. The van der Waals surface area contributed by atoms with Gasteiger partial charge in [-0.1, -0.05) is 24.3 Å². The molecule has 35 heavy (non-hydrogen) atoms. The number of rotatable bonds is 7. The smallest absolute Gasteiger partial charge is 0.340 e. The first-order chi connectivity index (χ1) is 17.0. The molecule has 0 saturated carbocycles. The zero-order valence-corrected chi connectivity index (χ0v) is 19.5. The number of ether oxygens (including phenoxy) is 3. The van der Waals surface area contributed by atoms with E-state index in [-0.39, 0.29) is 11.5 Å². The van der Waals surface area contributed by atoms with Crippen LogP contribution in [0.1, 0.15) is 10.4 Å². The van der Waals surface area contributed by atoms with Crippen LogP contribution in [0.25, 0.3) is 23.0 Å². The number of phenolic OH excluding ortho intramolecular Hbond substituents is 1. The Labute approximate surface area is 201 Å². The number of carbonyl (C=O) groups is 1. The maximum Gasteiger partial charge on any atom is 0.340 e. The number of nitrogens with zero attached hydrogens (tertiary/aromatic N) is 2. The van der Waals surface area contributed by atoms with E-state index in [9.17, 15) is 14.7 Å². The molecule has 0 spiro atoms. The molecule has 0 saturated heterocycles. The number of para-hydroxylation sites is 1. The Morgan fingerprint density at radius 3 is 2.26 bits per heavy atom. The number of hydrogen-bond acceptors (Lipinski definition) is 6. The highest BCUT2D eigenvalue weighted by atomic mass is 16.5. The van der Waals surface area contributed by atoms with Crippen LogP contribution in [0, 0.1) is 0 Å². The van der Waals surface area contributed by atoms with Gasteiger partial charge in [-0.25, -0.2) is 9.36 Å². The summed E-state index contributed by atoms with van der Waals surface area (Å²) in [6, 6.07) is 18.9. The van der Waals surface area contributed by atoms with Crippen molar-refractivity contribution in [2.24, 2.45) is 0 Å². The Morgan fingerprint density at radius 1 is 0.857 bits per heavy atom. The second-order valence-corrected chi connectivity index (χ2v) is 7.51. The van der Waals surface area contributed by atoms with Crippen LogP contribution in [0.15, 0.2) is 83.8 Å². The average Bonchev–Trinajstić information content (AvgIpc) is 3.25. The van der Waals surface area contributed by atoms with Crippen LogP contribution in [0.4, 0.5) is 0 Å². The normalized spacial score (nSPS) is 10.9. The maximum atomic E-state index is 13.4. The summed E-state index contributed by atoms with van der Waals surface area (Å²) in [7, 11) is 4.49. The average molecular weight is 472 g/mol. The summed E-state index contributed by atoms with van der Waals surface area (Å²) in [4.78, 5) is 26.7. The second-order valence-electron chi connectivity index (χ2n) is 7.51. The lowest BCUT2D eigenvalue weighted by atomic mass is 10.1. The van der Waals surface area contributed by atoms with E-state index in [0.29, 0.717) is 34.0 Å².